The molecule has 2 fully saturated rings. The van der Waals surface area contributed by atoms with Crippen LogP contribution in [0, 0.1) is 5.41 Å². The molecule has 3 heteroatoms. The van der Waals surface area contributed by atoms with Gasteiger partial charge in [0.25, 0.3) is 0 Å². The molecular formula is C18H37N3. The molecule has 0 aromatic carbocycles. The van der Waals surface area contributed by atoms with Crippen LogP contribution in [0.15, 0.2) is 0 Å². The van der Waals surface area contributed by atoms with Gasteiger partial charge in [0.1, 0.15) is 0 Å². The van der Waals surface area contributed by atoms with Gasteiger partial charge in [0, 0.05) is 38.8 Å². The predicted molar refractivity (Wildman–Crippen MR) is 91.8 cm³/mol. The lowest BCUT2D eigenvalue weighted by Gasteiger charge is -2.44. The fourth-order valence-corrected chi connectivity index (χ4v) is 3.85. The van der Waals surface area contributed by atoms with E-state index < -0.39 is 0 Å². The quantitative estimate of drug-likeness (QED) is 0.772. The molecule has 0 atom stereocenters. The van der Waals surface area contributed by atoms with E-state index in [1.807, 2.05) is 0 Å². The van der Waals surface area contributed by atoms with Crippen LogP contribution < -0.4 is 0 Å². The van der Waals surface area contributed by atoms with Crippen molar-refractivity contribution in [3.8, 4) is 0 Å². The van der Waals surface area contributed by atoms with Gasteiger partial charge in [0.15, 0.2) is 0 Å². The van der Waals surface area contributed by atoms with E-state index in [1.165, 1.54) is 78.0 Å². The standard InChI is InChI=1S/C18H37N3/c1-5-6-9-19-10-7-17(8-11-19)21-14-12-20(13-15-21)16-18(2,3)4/h17H,5-16H2,1-4H3. The van der Waals surface area contributed by atoms with Gasteiger partial charge >= 0.3 is 0 Å². The maximum atomic E-state index is 2.77. The van der Waals surface area contributed by atoms with E-state index in [0.717, 1.165) is 6.04 Å². The Hall–Kier alpha value is -0.120. The smallest absolute Gasteiger partial charge is 0.0121 e. The van der Waals surface area contributed by atoms with Gasteiger partial charge in [0.05, 0.1) is 0 Å². The number of hydrogen-bond acceptors (Lipinski definition) is 3. The summed E-state index contributed by atoms with van der Waals surface area (Å²) in [6, 6.07) is 0.861. The molecule has 2 rings (SSSR count). The summed E-state index contributed by atoms with van der Waals surface area (Å²) < 4.78 is 0. The van der Waals surface area contributed by atoms with Gasteiger partial charge in [-0.3, -0.25) is 4.90 Å². The van der Waals surface area contributed by atoms with Gasteiger partial charge in [-0.25, -0.2) is 0 Å². The van der Waals surface area contributed by atoms with Crippen LogP contribution >= 0.6 is 0 Å². The average molecular weight is 296 g/mol. The van der Waals surface area contributed by atoms with Gasteiger partial charge in [-0.05, 0) is 44.3 Å². The fraction of sp³-hybridized carbons (Fsp3) is 1.00. The third-order valence-electron chi connectivity index (χ3n) is 5.01. The first-order chi connectivity index (χ1) is 9.98. The van der Waals surface area contributed by atoms with Gasteiger partial charge in [0.2, 0.25) is 0 Å². The molecule has 0 aliphatic carbocycles. The fourth-order valence-electron chi connectivity index (χ4n) is 3.85. The van der Waals surface area contributed by atoms with E-state index in [0.29, 0.717) is 5.41 Å². The molecule has 0 spiro atoms. The van der Waals surface area contributed by atoms with Crippen molar-refractivity contribution in [3.05, 3.63) is 0 Å². The molecule has 2 aliphatic rings. The molecule has 2 saturated heterocycles. The summed E-state index contributed by atoms with van der Waals surface area (Å²) >= 11 is 0. The summed E-state index contributed by atoms with van der Waals surface area (Å²) in [6.07, 6.45) is 5.48. The Morgan fingerprint density at radius 1 is 0.857 bits per heavy atom. The Labute approximate surface area is 132 Å². The van der Waals surface area contributed by atoms with Crippen molar-refractivity contribution in [1.29, 1.82) is 0 Å². The van der Waals surface area contributed by atoms with E-state index in [4.69, 9.17) is 0 Å². The number of rotatable bonds is 5. The maximum Gasteiger partial charge on any atom is 0.0121 e. The van der Waals surface area contributed by atoms with Crippen molar-refractivity contribution in [2.24, 2.45) is 5.41 Å². The second-order valence-electron chi connectivity index (χ2n) is 8.30. The van der Waals surface area contributed by atoms with Gasteiger partial charge in [-0.2, -0.15) is 0 Å². The molecule has 0 amide bonds. The zero-order chi connectivity index (χ0) is 15.3. The van der Waals surface area contributed by atoms with Crippen molar-refractivity contribution >= 4 is 0 Å². The van der Waals surface area contributed by atoms with Crippen LogP contribution in [0.4, 0.5) is 0 Å². The number of piperazine rings is 1. The number of likely N-dealkylation sites (tertiary alicyclic amines) is 1. The first-order valence-corrected chi connectivity index (χ1v) is 9.17. The zero-order valence-electron chi connectivity index (χ0n) is 14.9. The van der Waals surface area contributed by atoms with E-state index in [1.54, 1.807) is 0 Å². The first-order valence-electron chi connectivity index (χ1n) is 9.17. The normalized spacial score (nSPS) is 24.6. The highest BCUT2D eigenvalue weighted by molar-refractivity contribution is 4.84. The topological polar surface area (TPSA) is 9.72 Å². The minimum atomic E-state index is 0.437. The molecule has 21 heavy (non-hydrogen) atoms. The summed E-state index contributed by atoms with van der Waals surface area (Å²) in [4.78, 5) is 8.11. The highest BCUT2D eigenvalue weighted by atomic mass is 15.3. The van der Waals surface area contributed by atoms with Crippen LogP contribution in [-0.4, -0.2) is 73.1 Å². The van der Waals surface area contributed by atoms with Crippen molar-refractivity contribution < 1.29 is 0 Å². The second kappa shape index (κ2) is 7.94. The molecule has 0 saturated carbocycles. The summed E-state index contributed by atoms with van der Waals surface area (Å²) in [5.41, 5.74) is 0.437. The van der Waals surface area contributed by atoms with Crippen LogP contribution in [0.1, 0.15) is 53.4 Å². The van der Waals surface area contributed by atoms with Gasteiger partial charge < -0.3 is 9.80 Å². The van der Waals surface area contributed by atoms with Crippen molar-refractivity contribution in [2.75, 3.05) is 52.4 Å². The first kappa shape index (κ1) is 17.2. The molecule has 2 aliphatic heterocycles. The Morgan fingerprint density at radius 3 is 2.00 bits per heavy atom. The largest absolute Gasteiger partial charge is 0.303 e. The lowest BCUT2D eigenvalue weighted by atomic mass is 9.95. The van der Waals surface area contributed by atoms with E-state index in [-0.39, 0.29) is 0 Å². The SMILES string of the molecule is CCCCN1CCC(N2CCN(CC(C)(C)C)CC2)CC1. The van der Waals surface area contributed by atoms with E-state index >= 15 is 0 Å². The zero-order valence-corrected chi connectivity index (χ0v) is 14.9. The average Bonchev–Trinajstić information content (AvgIpc) is 2.45. The minimum absolute atomic E-state index is 0.437. The number of unbranched alkanes of at least 4 members (excludes halogenated alkanes) is 1. The second-order valence-corrected chi connectivity index (χ2v) is 8.30. The molecule has 0 aromatic heterocycles. The number of piperidine rings is 1. The van der Waals surface area contributed by atoms with Crippen LogP contribution in [0.5, 0.6) is 0 Å². The third-order valence-corrected chi connectivity index (χ3v) is 5.01. The molecule has 0 unspecified atom stereocenters. The summed E-state index contributed by atoms with van der Waals surface area (Å²) in [6.45, 7) is 19.7. The molecule has 0 bridgehead atoms. The monoisotopic (exact) mass is 295 g/mol. The lowest BCUT2D eigenvalue weighted by Crippen LogP contribution is -2.54. The Balaban J connectivity index is 1.67. The van der Waals surface area contributed by atoms with Crippen molar-refractivity contribution in [2.45, 2.75) is 59.4 Å². The molecule has 124 valence electrons. The highest BCUT2D eigenvalue weighted by Gasteiger charge is 2.28. The van der Waals surface area contributed by atoms with Crippen molar-refractivity contribution in [1.82, 2.24) is 14.7 Å². The molecule has 0 N–H and O–H groups in total. The Morgan fingerprint density at radius 2 is 1.48 bits per heavy atom. The Kier molecular flexibility index (Phi) is 6.51. The van der Waals surface area contributed by atoms with E-state index in [2.05, 4.69) is 42.4 Å². The van der Waals surface area contributed by atoms with Crippen LogP contribution in [-0.2, 0) is 0 Å². The minimum Gasteiger partial charge on any atom is -0.303 e. The molecular weight excluding hydrogens is 258 g/mol. The number of nitrogens with zero attached hydrogens (tertiary/aromatic N) is 3. The third kappa shape index (κ3) is 5.88. The van der Waals surface area contributed by atoms with E-state index in [9.17, 15) is 0 Å². The summed E-state index contributed by atoms with van der Waals surface area (Å²) in [5.74, 6) is 0. The number of hydrogen-bond donors (Lipinski definition) is 0. The van der Waals surface area contributed by atoms with Crippen LogP contribution in [0.25, 0.3) is 0 Å². The Bertz CT molecular complexity index is 281. The summed E-state index contributed by atoms with van der Waals surface area (Å²) in [7, 11) is 0. The molecule has 3 nitrogen and oxygen atoms in total. The molecule has 0 aromatic rings. The predicted octanol–water partition coefficient (Wildman–Crippen LogP) is 2.91. The molecule has 0 radical (unpaired) electrons. The van der Waals surface area contributed by atoms with Crippen molar-refractivity contribution in [3.63, 3.8) is 0 Å². The molecule has 2 heterocycles. The van der Waals surface area contributed by atoms with Gasteiger partial charge in [-0.15, -0.1) is 0 Å². The maximum absolute atomic E-state index is 2.77. The van der Waals surface area contributed by atoms with Crippen LogP contribution in [0.2, 0.25) is 0 Å². The highest BCUT2D eigenvalue weighted by Crippen LogP contribution is 2.21. The van der Waals surface area contributed by atoms with Gasteiger partial charge in [-0.1, -0.05) is 34.1 Å². The van der Waals surface area contributed by atoms with Crippen LogP contribution in [0.3, 0.4) is 0 Å². The lowest BCUT2D eigenvalue weighted by molar-refractivity contribution is 0.0474. The summed E-state index contributed by atoms with van der Waals surface area (Å²) in [5, 5.41) is 0.